The maximum Gasteiger partial charge on any atom is 0.137 e. The van der Waals surface area contributed by atoms with Gasteiger partial charge in [0.2, 0.25) is 0 Å². The van der Waals surface area contributed by atoms with E-state index in [-0.39, 0.29) is 0 Å². The second kappa shape index (κ2) is 6.18. The molecule has 1 saturated heterocycles. The van der Waals surface area contributed by atoms with Gasteiger partial charge in [0.25, 0.3) is 0 Å². The summed E-state index contributed by atoms with van der Waals surface area (Å²) in [7, 11) is 1.94. The molecule has 1 unspecified atom stereocenters. The molecule has 0 spiro atoms. The molecule has 1 aromatic heterocycles. The van der Waals surface area contributed by atoms with Crippen LogP contribution in [0.15, 0.2) is 0 Å². The van der Waals surface area contributed by atoms with E-state index in [0.29, 0.717) is 12.0 Å². The zero-order chi connectivity index (χ0) is 14.8. The standard InChI is InChI=1S/C16H26N4O/c1-4-21-13-6-5-9-20(10-13)16-11(2)14(17-3)18-15(19-16)12-7-8-12/h12-13H,4-10H2,1-3H3,(H,17,18,19). The molecule has 0 amide bonds. The van der Waals surface area contributed by atoms with Gasteiger partial charge in [-0.3, -0.25) is 0 Å². The van der Waals surface area contributed by atoms with Gasteiger partial charge in [0.15, 0.2) is 0 Å². The largest absolute Gasteiger partial charge is 0.377 e. The van der Waals surface area contributed by atoms with Crippen molar-refractivity contribution in [2.24, 2.45) is 0 Å². The van der Waals surface area contributed by atoms with Gasteiger partial charge in [-0.1, -0.05) is 0 Å². The first kappa shape index (κ1) is 14.6. The lowest BCUT2D eigenvalue weighted by atomic mass is 10.1. The molecule has 1 aliphatic heterocycles. The van der Waals surface area contributed by atoms with E-state index in [1.807, 2.05) is 7.05 Å². The van der Waals surface area contributed by atoms with Crippen LogP contribution in [-0.2, 0) is 4.74 Å². The van der Waals surface area contributed by atoms with Gasteiger partial charge in [-0.2, -0.15) is 0 Å². The third kappa shape index (κ3) is 3.12. The number of nitrogens with zero attached hydrogens (tertiary/aromatic N) is 3. The quantitative estimate of drug-likeness (QED) is 0.903. The summed E-state index contributed by atoms with van der Waals surface area (Å²) in [5.41, 5.74) is 1.15. The van der Waals surface area contributed by atoms with Gasteiger partial charge in [-0.05, 0) is 39.5 Å². The number of hydrogen-bond acceptors (Lipinski definition) is 5. The number of rotatable bonds is 5. The highest BCUT2D eigenvalue weighted by Gasteiger charge is 2.30. The van der Waals surface area contributed by atoms with E-state index in [4.69, 9.17) is 9.72 Å². The van der Waals surface area contributed by atoms with Crippen molar-refractivity contribution in [3.63, 3.8) is 0 Å². The van der Waals surface area contributed by atoms with Gasteiger partial charge < -0.3 is 15.0 Å². The molecular formula is C16H26N4O. The van der Waals surface area contributed by atoms with Gasteiger partial charge in [-0.15, -0.1) is 0 Å². The summed E-state index contributed by atoms with van der Waals surface area (Å²) in [5.74, 6) is 3.66. The average molecular weight is 290 g/mol. The Morgan fingerprint density at radius 3 is 2.76 bits per heavy atom. The minimum atomic E-state index is 0.334. The highest BCUT2D eigenvalue weighted by atomic mass is 16.5. The monoisotopic (exact) mass is 290 g/mol. The summed E-state index contributed by atoms with van der Waals surface area (Å²) in [6.45, 7) is 6.98. The van der Waals surface area contributed by atoms with E-state index in [9.17, 15) is 0 Å². The molecule has 2 heterocycles. The predicted molar refractivity (Wildman–Crippen MR) is 85.2 cm³/mol. The van der Waals surface area contributed by atoms with Gasteiger partial charge in [0.05, 0.1) is 6.10 Å². The topological polar surface area (TPSA) is 50.3 Å². The minimum Gasteiger partial charge on any atom is -0.377 e. The zero-order valence-corrected chi connectivity index (χ0v) is 13.4. The summed E-state index contributed by atoms with van der Waals surface area (Å²) in [5, 5.41) is 3.23. The second-order valence-corrected chi connectivity index (χ2v) is 6.07. The molecule has 116 valence electrons. The summed E-state index contributed by atoms with van der Waals surface area (Å²) in [6, 6.07) is 0. The number of aromatic nitrogens is 2. The van der Waals surface area contributed by atoms with E-state index in [1.54, 1.807) is 0 Å². The van der Waals surface area contributed by atoms with Gasteiger partial charge in [0.1, 0.15) is 17.5 Å². The fourth-order valence-corrected chi connectivity index (χ4v) is 3.10. The maximum atomic E-state index is 5.82. The van der Waals surface area contributed by atoms with E-state index in [1.165, 1.54) is 19.3 Å². The van der Waals surface area contributed by atoms with Gasteiger partial charge in [0, 0.05) is 38.2 Å². The Balaban J connectivity index is 1.87. The van der Waals surface area contributed by atoms with E-state index in [2.05, 4.69) is 29.0 Å². The third-order valence-electron chi connectivity index (χ3n) is 4.40. The van der Waals surface area contributed by atoms with Crippen LogP contribution in [0.4, 0.5) is 11.6 Å². The molecule has 3 rings (SSSR count). The van der Waals surface area contributed by atoms with Crippen LogP contribution in [0.5, 0.6) is 0 Å². The number of ether oxygens (including phenoxy) is 1. The van der Waals surface area contributed by atoms with Crippen LogP contribution >= 0.6 is 0 Å². The number of anilines is 2. The lowest BCUT2D eigenvalue weighted by Crippen LogP contribution is -2.40. The minimum absolute atomic E-state index is 0.334. The Labute approximate surface area is 127 Å². The first-order valence-electron chi connectivity index (χ1n) is 8.15. The van der Waals surface area contributed by atoms with Crippen molar-refractivity contribution in [2.45, 2.75) is 51.6 Å². The van der Waals surface area contributed by atoms with Gasteiger partial charge >= 0.3 is 0 Å². The molecule has 0 aromatic carbocycles. The predicted octanol–water partition coefficient (Wildman–Crippen LogP) is 2.71. The Hall–Kier alpha value is -1.36. The molecule has 1 aliphatic carbocycles. The molecule has 0 bridgehead atoms. The first-order valence-corrected chi connectivity index (χ1v) is 8.15. The van der Waals surface area contributed by atoms with Crippen LogP contribution < -0.4 is 10.2 Å². The number of piperidine rings is 1. The zero-order valence-electron chi connectivity index (χ0n) is 13.4. The van der Waals surface area contributed by atoms with Crippen LogP contribution in [0.3, 0.4) is 0 Å². The van der Waals surface area contributed by atoms with E-state index in [0.717, 1.165) is 49.1 Å². The Kier molecular flexibility index (Phi) is 4.29. The van der Waals surface area contributed by atoms with Crippen LogP contribution in [0.1, 0.15) is 49.9 Å². The lowest BCUT2D eigenvalue weighted by Gasteiger charge is -2.34. The first-order chi connectivity index (χ1) is 10.2. The second-order valence-electron chi connectivity index (χ2n) is 6.07. The summed E-state index contributed by atoms with van der Waals surface area (Å²) >= 11 is 0. The third-order valence-corrected chi connectivity index (χ3v) is 4.40. The number of nitrogens with one attached hydrogen (secondary N) is 1. The normalized spacial score (nSPS) is 22.4. The van der Waals surface area contributed by atoms with Crippen molar-refractivity contribution in [1.82, 2.24) is 9.97 Å². The van der Waals surface area contributed by atoms with Crippen molar-refractivity contribution in [3.05, 3.63) is 11.4 Å². The van der Waals surface area contributed by atoms with Crippen molar-refractivity contribution in [2.75, 3.05) is 37.0 Å². The van der Waals surface area contributed by atoms with Gasteiger partial charge in [-0.25, -0.2) is 9.97 Å². The highest BCUT2D eigenvalue weighted by molar-refractivity contribution is 5.59. The lowest BCUT2D eigenvalue weighted by molar-refractivity contribution is 0.0525. The highest BCUT2D eigenvalue weighted by Crippen LogP contribution is 2.40. The Morgan fingerprint density at radius 1 is 1.29 bits per heavy atom. The summed E-state index contributed by atoms with van der Waals surface area (Å²) in [6.07, 6.45) is 5.12. The van der Waals surface area contributed by atoms with E-state index < -0.39 is 0 Å². The maximum absolute atomic E-state index is 5.82. The van der Waals surface area contributed by atoms with Crippen molar-refractivity contribution < 1.29 is 4.74 Å². The molecule has 1 saturated carbocycles. The Morgan fingerprint density at radius 2 is 2.10 bits per heavy atom. The number of hydrogen-bond donors (Lipinski definition) is 1. The summed E-state index contributed by atoms with van der Waals surface area (Å²) in [4.78, 5) is 11.9. The fraction of sp³-hybridized carbons (Fsp3) is 0.750. The van der Waals surface area contributed by atoms with Crippen LogP contribution in [-0.4, -0.2) is 42.8 Å². The molecule has 1 aromatic rings. The van der Waals surface area contributed by atoms with Crippen molar-refractivity contribution in [1.29, 1.82) is 0 Å². The molecule has 5 heteroatoms. The summed E-state index contributed by atoms with van der Waals surface area (Å²) < 4.78 is 5.82. The van der Waals surface area contributed by atoms with Crippen molar-refractivity contribution >= 4 is 11.6 Å². The molecular weight excluding hydrogens is 264 g/mol. The average Bonchev–Trinajstić information content (AvgIpc) is 3.33. The Bertz CT molecular complexity index is 499. The molecule has 5 nitrogen and oxygen atoms in total. The molecule has 21 heavy (non-hydrogen) atoms. The van der Waals surface area contributed by atoms with Crippen molar-refractivity contribution in [3.8, 4) is 0 Å². The van der Waals surface area contributed by atoms with Crippen LogP contribution in [0.2, 0.25) is 0 Å². The van der Waals surface area contributed by atoms with Crippen LogP contribution in [0, 0.1) is 6.92 Å². The molecule has 2 aliphatic rings. The van der Waals surface area contributed by atoms with Crippen LogP contribution in [0.25, 0.3) is 0 Å². The molecule has 1 N–H and O–H groups in total. The fourth-order valence-electron chi connectivity index (χ4n) is 3.10. The SMILES string of the molecule is CCOC1CCCN(c2nc(C3CC3)nc(NC)c2C)C1. The molecule has 1 atom stereocenters. The molecule has 0 radical (unpaired) electrons. The van der Waals surface area contributed by atoms with E-state index >= 15 is 0 Å². The molecule has 2 fully saturated rings. The smallest absolute Gasteiger partial charge is 0.137 e.